The van der Waals surface area contributed by atoms with Crippen LogP contribution in [0.4, 0.5) is 4.79 Å². The molecule has 0 aromatic heterocycles. The predicted octanol–water partition coefficient (Wildman–Crippen LogP) is -0.524. The normalized spacial score (nSPS) is 18.0. The summed E-state index contributed by atoms with van der Waals surface area (Å²) in [4.78, 5) is 11.1. The van der Waals surface area contributed by atoms with E-state index in [0.717, 1.165) is 0 Å². The summed E-state index contributed by atoms with van der Waals surface area (Å²) in [5.41, 5.74) is 8.56. The molecule has 9 nitrogen and oxygen atoms in total. The van der Waals surface area contributed by atoms with E-state index in [-0.39, 0.29) is 29.4 Å². The standard InChI is InChI=1S/C12H17N5O4/c1-20-8-3-7(4-9(21-2)11(8)18)5-13-16-10-6-14-17-12(19)15-10/h3-5,10,14,16,18H,6H2,1-2H3,(H2,15,17,19)/b13-5+. The SMILES string of the molecule is COc1cc(/C=N/NC2CNNC(=O)N2)cc(OC)c1O. The molecule has 1 atom stereocenters. The van der Waals surface area contributed by atoms with Crippen LogP contribution in [0.1, 0.15) is 5.56 Å². The van der Waals surface area contributed by atoms with Gasteiger partial charge in [0.05, 0.1) is 27.0 Å². The lowest BCUT2D eigenvalue weighted by Gasteiger charge is -2.24. The van der Waals surface area contributed by atoms with E-state index in [1.165, 1.54) is 20.4 Å². The minimum atomic E-state index is -0.332. The number of rotatable bonds is 5. The van der Waals surface area contributed by atoms with Crippen LogP contribution >= 0.6 is 0 Å². The van der Waals surface area contributed by atoms with Gasteiger partial charge in [0.15, 0.2) is 11.5 Å². The second-order valence-electron chi connectivity index (χ2n) is 4.19. The van der Waals surface area contributed by atoms with Gasteiger partial charge < -0.3 is 19.9 Å². The van der Waals surface area contributed by atoms with Gasteiger partial charge in [0.2, 0.25) is 5.75 Å². The van der Waals surface area contributed by atoms with Crippen LogP contribution in [-0.4, -0.2) is 44.3 Å². The summed E-state index contributed by atoms with van der Waals surface area (Å²) in [7, 11) is 2.90. The Balaban J connectivity index is 2.04. The molecule has 0 bridgehead atoms. The fourth-order valence-electron chi connectivity index (χ4n) is 1.75. The number of hydrazone groups is 1. The maximum absolute atomic E-state index is 11.1. The topological polar surface area (TPSA) is 116 Å². The third-order valence-corrected chi connectivity index (χ3v) is 2.76. The molecule has 2 amide bonds. The molecule has 1 aliphatic rings. The number of hydrazine groups is 1. The smallest absolute Gasteiger partial charge is 0.330 e. The zero-order valence-electron chi connectivity index (χ0n) is 11.6. The number of hydrogen-bond donors (Lipinski definition) is 5. The highest BCUT2D eigenvalue weighted by Crippen LogP contribution is 2.36. The molecule has 1 aromatic rings. The van der Waals surface area contributed by atoms with Crippen LogP contribution in [0.15, 0.2) is 17.2 Å². The maximum atomic E-state index is 11.1. The molecule has 21 heavy (non-hydrogen) atoms. The van der Waals surface area contributed by atoms with Crippen LogP contribution in [0.2, 0.25) is 0 Å². The molecule has 0 spiro atoms. The van der Waals surface area contributed by atoms with Crippen molar-refractivity contribution in [2.24, 2.45) is 5.10 Å². The van der Waals surface area contributed by atoms with Gasteiger partial charge in [0, 0.05) is 5.56 Å². The Kier molecular flexibility index (Phi) is 4.67. The van der Waals surface area contributed by atoms with Crippen molar-refractivity contribution in [2.75, 3.05) is 20.8 Å². The van der Waals surface area contributed by atoms with E-state index in [1.54, 1.807) is 12.1 Å². The monoisotopic (exact) mass is 295 g/mol. The van der Waals surface area contributed by atoms with Crippen LogP contribution in [0.3, 0.4) is 0 Å². The number of nitrogens with one attached hydrogen (secondary N) is 4. The van der Waals surface area contributed by atoms with Gasteiger partial charge in [-0.1, -0.05) is 0 Å². The molecule has 5 N–H and O–H groups in total. The van der Waals surface area contributed by atoms with Crippen LogP contribution < -0.4 is 31.1 Å². The fourth-order valence-corrected chi connectivity index (χ4v) is 1.75. The number of phenols is 1. The van der Waals surface area contributed by atoms with E-state index in [1.807, 2.05) is 0 Å². The second kappa shape index (κ2) is 6.66. The van der Waals surface area contributed by atoms with Gasteiger partial charge in [-0.25, -0.2) is 10.2 Å². The summed E-state index contributed by atoms with van der Waals surface area (Å²) in [6, 6.07) is 2.90. The predicted molar refractivity (Wildman–Crippen MR) is 75.4 cm³/mol. The molecule has 1 fully saturated rings. The molecule has 114 valence electrons. The first kappa shape index (κ1) is 14.7. The third kappa shape index (κ3) is 3.66. The van der Waals surface area contributed by atoms with E-state index < -0.39 is 0 Å². The highest BCUT2D eigenvalue weighted by Gasteiger charge is 2.15. The van der Waals surface area contributed by atoms with Crippen LogP contribution in [0.5, 0.6) is 17.2 Å². The van der Waals surface area contributed by atoms with Crippen molar-refractivity contribution in [3.63, 3.8) is 0 Å². The van der Waals surface area contributed by atoms with Gasteiger partial charge in [0.25, 0.3) is 0 Å². The number of nitrogens with zero attached hydrogens (tertiary/aromatic N) is 1. The van der Waals surface area contributed by atoms with Gasteiger partial charge in [0.1, 0.15) is 6.17 Å². The molecule has 0 aliphatic carbocycles. The molecule has 0 saturated carbocycles. The minimum absolute atomic E-state index is 0.0695. The van der Waals surface area contributed by atoms with E-state index in [9.17, 15) is 9.90 Å². The van der Waals surface area contributed by atoms with Crippen molar-refractivity contribution in [3.8, 4) is 17.2 Å². The van der Waals surface area contributed by atoms with Crippen molar-refractivity contribution in [2.45, 2.75) is 6.17 Å². The van der Waals surface area contributed by atoms with E-state index >= 15 is 0 Å². The first-order valence-corrected chi connectivity index (χ1v) is 6.17. The Bertz CT molecular complexity index is 523. The molecular weight excluding hydrogens is 278 g/mol. The van der Waals surface area contributed by atoms with Crippen LogP contribution in [-0.2, 0) is 0 Å². The van der Waals surface area contributed by atoms with Crippen molar-refractivity contribution < 1.29 is 19.4 Å². The van der Waals surface area contributed by atoms with Gasteiger partial charge in [-0.15, -0.1) is 0 Å². The lowest BCUT2D eigenvalue weighted by Crippen LogP contribution is -2.62. The summed E-state index contributed by atoms with van der Waals surface area (Å²) in [6.45, 7) is 0.477. The summed E-state index contributed by atoms with van der Waals surface area (Å²) >= 11 is 0. The number of urea groups is 1. The quantitative estimate of drug-likeness (QED) is 0.368. The van der Waals surface area contributed by atoms with E-state index in [4.69, 9.17) is 9.47 Å². The van der Waals surface area contributed by atoms with E-state index in [0.29, 0.717) is 12.1 Å². The summed E-state index contributed by atoms with van der Waals surface area (Å²) in [5, 5.41) is 16.5. The molecule has 0 radical (unpaired) electrons. The highest BCUT2D eigenvalue weighted by molar-refractivity contribution is 5.82. The lowest BCUT2D eigenvalue weighted by molar-refractivity contribution is 0.217. The number of carbonyl (C=O) groups excluding carboxylic acids is 1. The Hall–Kier alpha value is -2.68. The van der Waals surface area contributed by atoms with Crippen LogP contribution in [0.25, 0.3) is 0 Å². The van der Waals surface area contributed by atoms with Gasteiger partial charge in [-0.05, 0) is 12.1 Å². The van der Waals surface area contributed by atoms with Gasteiger partial charge in [-0.2, -0.15) is 5.10 Å². The molecule has 1 unspecified atom stereocenters. The Labute approximate surface area is 121 Å². The first-order valence-electron chi connectivity index (χ1n) is 6.17. The number of ether oxygens (including phenoxy) is 2. The lowest BCUT2D eigenvalue weighted by atomic mass is 10.2. The molecule has 9 heteroatoms. The van der Waals surface area contributed by atoms with Gasteiger partial charge in [-0.3, -0.25) is 10.9 Å². The van der Waals surface area contributed by atoms with Crippen molar-refractivity contribution in [1.82, 2.24) is 21.6 Å². The van der Waals surface area contributed by atoms with Crippen molar-refractivity contribution in [1.29, 1.82) is 0 Å². The maximum Gasteiger partial charge on any atom is 0.330 e. The Morgan fingerprint density at radius 2 is 2.05 bits per heavy atom. The summed E-state index contributed by atoms with van der Waals surface area (Å²) < 4.78 is 10.1. The number of benzene rings is 1. The Morgan fingerprint density at radius 1 is 1.38 bits per heavy atom. The molecule has 2 rings (SSSR count). The number of hydrogen-bond acceptors (Lipinski definition) is 7. The van der Waals surface area contributed by atoms with Gasteiger partial charge >= 0.3 is 6.03 Å². The highest BCUT2D eigenvalue weighted by atomic mass is 16.5. The molecule has 1 aliphatic heterocycles. The summed E-state index contributed by atoms with van der Waals surface area (Å²) in [5.74, 6) is 0.500. The van der Waals surface area contributed by atoms with Crippen molar-refractivity contribution in [3.05, 3.63) is 17.7 Å². The van der Waals surface area contributed by atoms with Crippen LogP contribution in [0, 0.1) is 0 Å². The zero-order valence-corrected chi connectivity index (χ0v) is 11.6. The average molecular weight is 295 g/mol. The fraction of sp³-hybridized carbons (Fsp3) is 0.333. The molecule has 1 aromatic carbocycles. The number of carbonyl (C=O) groups is 1. The molecular formula is C12H17N5O4. The molecule has 1 heterocycles. The van der Waals surface area contributed by atoms with E-state index in [2.05, 4.69) is 26.7 Å². The third-order valence-electron chi connectivity index (χ3n) is 2.76. The number of methoxy groups -OCH3 is 2. The average Bonchev–Trinajstić information content (AvgIpc) is 2.48. The number of aromatic hydroxyl groups is 1. The number of phenolic OH excluding ortho intramolecular Hbond substituents is 1. The zero-order chi connectivity index (χ0) is 15.2. The van der Waals surface area contributed by atoms with Crippen molar-refractivity contribution >= 4 is 12.2 Å². The number of amides is 2. The second-order valence-corrected chi connectivity index (χ2v) is 4.19. The minimum Gasteiger partial charge on any atom is -0.502 e. The largest absolute Gasteiger partial charge is 0.502 e. The first-order chi connectivity index (χ1) is 10.1. The Morgan fingerprint density at radius 3 is 2.62 bits per heavy atom. The molecule has 1 saturated heterocycles. The summed E-state index contributed by atoms with van der Waals surface area (Å²) in [6.07, 6.45) is 1.20.